The van der Waals surface area contributed by atoms with Crippen LogP contribution in [-0.4, -0.2) is 51.4 Å². The molecule has 0 radical (unpaired) electrons. The molecule has 0 spiro atoms. The summed E-state index contributed by atoms with van der Waals surface area (Å²) in [4.78, 5) is 10.2. The first-order valence-corrected chi connectivity index (χ1v) is 12.2. The molecule has 1 aliphatic rings. The van der Waals surface area contributed by atoms with E-state index in [1.165, 1.54) is 9.58 Å². The molecule has 30 heavy (non-hydrogen) atoms. The van der Waals surface area contributed by atoms with Crippen LogP contribution in [0.25, 0.3) is 10.2 Å². The predicted octanol–water partition coefficient (Wildman–Crippen LogP) is 2.64. The van der Waals surface area contributed by atoms with Gasteiger partial charge in [0.2, 0.25) is 5.82 Å². The van der Waals surface area contributed by atoms with Gasteiger partial charge in [0, 0.05) is 11.3 Å². The largest absolute Gasteiger partial charge is 0.337 e. The molecule has 1 atom stereocenters. The molecule has 1 aliphatic heterocycles. The van der Waals surface area contributed by atoms with Crippen molar-refractivity contribution in [2.45, 2.75) is 32.4 Å². The van der Waals surface area contributed by atoms with Crippen LogP contribution in [0.15, 0.2) is 41.8 Å². The summed E-state index contributed by atoms with van der Waals surface area (Å²) >= 11 is 3.55. The molecule has 1 fully saturated rings. The van der Waals surface area contributed by atoms with E-state index in [2.05, 4.69) is 69.1 Å². The Balaban J connectivity index is 1.30. The Morgan fingerprint density at radius 3 is 2.77 bits per heavy atom. The van der Waals surface area contributed by atoms with Gasteiger partial charge in [0.05, 0.1) is 42.9 Å². The van der Waals surface area contributed by atoms with E-state index in [9.17, 15) is 0 Å². The van der Waals surface area contributed by atoms with Gasteiger partial charge in [0.15, 0.2) is 5.13 Å². The molecule has 9 heteroatoms. The van der Waals surface area contributed by atoms with Gasteiger partial charge in [-0.3, -0.25) is 0 Å². The number of quaternary nitrogens is 1. The Bertz CT molecular complexity index is 1050. The number of hydrogen-bond donors (Lipinski definition) is 1. The monoisotopic (exact) mass is 440 g/mol. The summed E-state index contributed by atoms with van der Waals surface area (Å²) in [5.41, 5.74) is 1.10. The second-order valence-corrected chi connectivity index (χ2v) is 9.77. The minimum atomic E-state index is 0.336. The number of hydrogen-bond acceptors (Lipinski definition) is 7. The van der Waals surface area contributed by atoms with Crippen molar-refractivity contribution in [3.8, 4) is 0 Å². The first-order valence-electron chi connectivity index (χ1n) is 10.6. The van der Waals surface area contributed by atoms with Crippen molar-refractivity contribution in [2.75, 3.05) is 31.1 Å². The Labute approximate surface area is 184 Å². The summed E-state index contributed by atoms with van der Waals surface area (Å²) in [5.74, 6) is 1.02. The minimum absolute atomic E-state index is 0.336. The number of fused-ring (bicyclic) bond motifs is 1. The molecule has 4 heterocycles. The number of nitrogens with zero attached hydrogens (tertiary/aromatic N) is 6. The number of piperazine rings is 1. The smallest absolute Gasteiger partial charge is 0.209 e. The lowest BCUT2D eigenvalue weighted by Gasteiger charge is -2.35. The van der Waals surface area contributed by atoms with Gasteiger partial charge in [-0.2, -0.15) is 0 Å². The zero-order chi connectivity index (χ0) is 20.3. The number of thiazole rings is 1. The van der Waals surface area contributed by atoms with Gasteiger partial charge in [-0.15, -0.1) is 16.4 Å². The molecule has 0 aliphatic carbocycles. The van der Waals surface area contributed by atoms with Crippen molar-refractivity contribution in [3.63, 3.8) is 0 Å². The number of anilines is 1. The normalized spacial score (nSPS) is 16.4. The van der Waals surface area contributed by atoms with Gasteiger partial charge in [-0.1, -0.05) is 42.9 Å². The topological polar surface area (TPSA) is 64.2 Å². The van der Waals surface area contributed by atoms with Crippen LogP contribution in [0.4, 0.5) is 5.13 Å². The summed E-state index contributed by atoms with van der Waals surface area (Å²) in [6.45, 7) is 7.19. The van der Waals surface area contributed by atoms with Crippen molar-refractivity contribution in [2.24, 2.45) is 0 Å². The van der Waals surface area contributed by atoms with Crippen molar-refractivity contribution in [3.05, 3.63) is 52.5 Å². The Morgan fingerprint density at radius 2 is 2.00 bits per heavy atom. The molecule has 4 aromatic rings. The average Bonchev–Trinajstić information content (AvgIpc) is 3.53. The van der Waals surface area contributed by atoms with E-state index in [4.69, 9.17) is 4.98 Å². The lowest BCUT2D eigenvalue weighted by Crippen LogP contribution is -3.15. The lowest BCUT2D eigenvalue weighted by molar-refractivity contribution is -0.933. The second-order valence-electron chi connectivity index (χ2n) is 7.72. The highest BCUT2D eigenvalue weighted by Gasteiger charge is 2.32. The highest BCUT2D eigenvalue weighted by molar-refractivity contribution is 7.22. The van der Waals surface area contributed by atoms with Crippen LogP contribution in [0.1, 0.15) is 36.5 Å². The summed E-state index contributed by atoms with van der Waals surface area (Å²) in [5, 5.41) is 16.0. The summed E-state index contributed by atoms with van der Waals surface area (Å²) in [6, 6.07) is 13.0. The van der Waals surface area contributed by atoms with E-state index in [0.29, 0.717) is 6.04 Å². The van der Waals surface area contributed by atoms with Gasteiger partial charge >= 0.3 is 0 Å². The molecule has 0 unspecified atom stereocenters. The SMILES string of the molecule is CCC[C@@H](c1nnnn1Cc1cccs1)[NH+]1CCN(c2nc3ccccc3s2)CC1. The predicted molar refractivity (Wildman–Crippen MR) is 121 cm³/mol. The van der Waals surface area contributed by atoms with E-state index >= 15 is 0 Å². The fourth-order valence-corrected chi connectivity index (χ4v) is 5.96. The zero-order valence-corrected chi connectivity index (χ0v) is 18.7. The number of para-hydroxylation sites is 1. The van der Waals surface area contributed by atoms with E-state index in [0.717, 1.165) is 62.0 Å². The maximum absolute atomic E-state index is 4.85. The molecule has 3 aromatic heterocycles. The third-order valence-electron chi connectivity index (χ3n) is 5.79. The standard InChI is InChI=1S/C21H25N7S2/c1-2-6-18(20-23-24-25-28(20)15-16-7-5-14-29-16)26-10-12-27(13-11-26)21-22-17-8-3-4-9-19(17)30-21/h3-5,7-9,14,18H,2,6,10-13,15H2,1H3/p+1/t18-/m0/s1. The van der Waals surface area contributed by atoms with E-state index in [1.807, 2.05) is 4.68 Å². The van der Waals surface area contributed by atoms with Gasteiger partial charge in [0.1, 0.15) is 6.04 Å². The lowest BCUT2D eigenvalue weighted by atomic mass is 10.1. The van der Waals surface area contributed by atoms with Crippen molar-refractivity contribution < 1.29 is 4.90 Å². The Hall–Kier alpha value is -2.36. The minimum Gasteiger partial charge on any atom is -0.337 e. The first-order chi connectivity index (χ1) is 14.8. The third kappa shape index (κ3) is 3.97. The van der Waals surface area contributed by atoms with Gasteiger partial charge in [0.25, 0.3) is 0 Å². The van der Waals surface area contributed by atoms with Crippen LogP contribution in [0.5, 0.6) is 0 Å². The fraction of sp³-hybridized carbons (Fsp3) is 0.429. The molecule has 1 N–H and O–H groups in total. The number of rotatable bonds is 7. The van der Waals surface area contributed by atoms with Crippen LogP contribution in [-0.2, 0) is 6.54 Å². The van der Waals surface area contributed by atoms with Crippen LogP contribution in [0.3, 0.4) is 0 Å². The van der Waals surface area contributed by atoms with Crippen LogP contribution in [0.2, 0.25) is 0 Å². The zero-order valence-electron chi connectivity index (χ0n) is 17.1. The van der Waals surface area contributed by atoms with Crippen molar-refractivity contribution in [1.29, 1.82) is 0 Å². The summed E-state index contributed by atoms with van der Waals surface area (Å²) in [7, 11) is 0. The number of aromatic nitrogens is 5. The summed E-state index contributed by atoms with van der Waals surface area (Å²) < 4.78 is 3.26. The molecule has 0 amide bonds. The van der Waals surface area contributed by atoms with E-state index in [-0.39, 0.29) is 0 Å². The molecular weight excluding hydrogens is 414 g/mol. The summed E-state index contributed by atoms with van der Waals surface area (Å²) in [6.07, 6.45) is 2.23. The third-order valence-corrected chi connectivity index (χ3v) is 7.74. The number of tetrazole rings is 1. The molecule has 156 valence electrons. The fourth-order valence-electron chi connectivity index (χ4n) is 4.26. The van der Waals surface area contributed by atoms with Gasteiger partial charge in [-0.05, 0) is 34.0 Å². The second kappa shape index (κ2) is 8.79. The van der Waals surface area contributed by atoms with Gasteiger partial charge in [-0.25, -0.2) is 9.67 Å². The van der Waals surface area contributed by atoms with Gasteiger partial charge < -0.3 is 9.80 Å². The molecule has 5 rings (SSSR count). The molecule has 1 aromatic carbocycles. The Morgan fingerprint density at radius 1 is 1.13 bits per heavy atom. The van der Waals surface area contributed by atoms with Crippen LogP contribution >= 0.6 is 22.7 Å². The molecule has 0 saturated carbocycles. The molecule has 1 saturated heterocycles. The average molecular weight is 441 g/mol. The first kappa shape index (κ1) is 19.6. The Kier molecular flexibility index (Phi) is 5.74. The van der Waals surface area contributed by atoms with Crippen LogP contribution < -0.4 is 9.80 Å². The van der Waals surface area contributed by atoms with Crippen molar-refractivity contribution in [1.82, 2.24) is 25.2 Å². The van der Waals surface area contributed by atoms with Crippen LogP contribution in [0, 0.1) is 0 Å². The number of nitrogens with one attached hydrogen (secondary N) is 1. The highest BCUT2D eigenvalue weighted by atomic mass is 32.1. The molecule has 7 nitrogen and oxygen atoms in total. The van der Waals surface area contributed by atoms with E-state index < -0.39 is 0 Å². The molecule has 0 bridgehead atoms. The quantitative estimate of drug-likeness (QED) is 0.479. The van der Waals surface area contributed by atoms with Crippen molar-refractivity contribution >= 4 is 38.0 Å². The highest BCUT2D eigenvalue weighted by Crippen LogP contribution is 2.28. The molecular formula is C21H26N7S2+. The number of thiophene rings is 1. The van der Waals surface area contributed by atoms with E-state index in [1.54, 1.807) is 27.6 Å². The maximum Gasteiger partial charge on any atom is 0.209 e. The maximum atomic E-state index is 4.85. The number of benzene rings is 1.